The Morgan fingerprint density at radius 2 is 1.81 bits per heavy atom. The van der Waals surface area contributed by atoms with Gasteiger partial charge < -0.3 is 5.32 Å². The molecule has 27 heavy (non-hydrogen) atoms. The van der Waals surface area contributed by atoms with Crippen LogP contribution in [0.3, 0.4) is 0 Å². The number of benzene rings is 1. The number of hydrogen-bond acceptors (Lipinski definition) is 3. The number of nitrogens with one attached hydrogen (secondary N) is 1. The molecule has 4 atom stereocenters. The first kappa shape index (κ1) is 17.0. The third-order valence-corrected chi connectivity index (χ3v) is 7.01. The van der Waals surface area contributed by atoms with Gasteiger partial charge >= 0.3 is 0 Å². The Kier molecular flexibility index (Phi) is 3.73. The zero-order valence-corrected chi connectivity index (χ0v) is 15.6. The number of allylic oxidation sites excluding steroid dienone is 2. The zero-order valence-electron chi connectivity index (χ0n) is 14.9. The number of carbonyl (C=O) groups excluding carboxylic acids is 3. The molecule has 1 aromatic carbocycles. The van der Waals surface area contributed by atoms with Crippen LogP contribution in [0.5, 0.6) is 0 Å². The van der Waals surface area contributed by atoms with Crippen molar-refractivity contribution in [3.05, 3.63) is 47.0 Å². The minimum atomic E-state index is -0.273. The molecule has 0 unspecified atom stereocenters. The van der Waals surface area contributed by atoms with Gasteiger partial charge in [-0.2, -0.15) is 0 Å². The van der Waals surface area contributed by atoms with Crippen LogP contribution in [-0.2, 0) is 19.8 Å². The summed E-state index contributed by atoms with van der Waals surface area (Å²) >= 11 is 6.09. The van der Waals surface area contributed by atoms with E-state index in [0.717, 1.165) is 24.8 Å². The number of amides is 3. The molecular weight excluding hydrogens is 364 g/mol. The standard InChI is InChI=1S/C21H21ClN2O3/c22-15-3-1-2-14(9-15)21(6-7-21)11-23-16(25)10-24-19(26)17-12-4-5-13(8-12)18(17)20(24)27/h1-5,9,12-13,17-18H,6-8,10-11H2,(H,23,25)/t12-,13-,17-,18-/m0/s1. The molecule has 3 amide bonds. The van der Waals surface area contributed by atoms with E-state index < -0.39 is 0 Å². The topological polar surface area (TPSA) is 66.5 Å². The summed E-state index contributed by atoms with van der Waals surface area (Å²) in [6.07, 6.45) is 7.00. The van der Waals surface area contributed by atoms with Crippen molar-refractivity contribution in [3.63, 3.8) is 0 Å². The molecule has 0 aromatic heterocycles. The average molecular weight is 385 g/mol. The van der Waals surface area contributed by atoms with Crippen molar-refractivity contribution >= 4 is 29.3 Å². The van der Waals surface area contributed by atoms with E-state index in [4.69, 9.17) is 11.6 Å². The largest absolute Gasteiger partial charge is 0.354 e. The number of imide groups is 1. The first-order chi connectivity index (χ1) is 13.0. The fourth-order valence-electron chi connectivity index (χ4n) is 5.12. The summed E-state index contributed by atoms with van der Waals surface area (Å²) in [7, 11) is 0. The quantitative estimate of drug-likeness (QED) is 0.625. The van der Waals surface area contributed by atoms with Crippen LogP contribution in [0.2, 0.25) is 5.02 Å². The van der Waals surface area contributed by atoms with Gasteiger partial charge in [-0.25, -0.2) is 0 Å². The van der Waals surface area contributed by atoms with E-state index in [0.29, 0.717) is 11.6 Å². The third-order valence-electron chi connectivity index (χ3n) is 6.78. The predicted octanol–water partition coefficient (Wildman–Crippen LogP) is 2.29. The maximum Gasteiger partial charge on any atom is 0.240 e. The van der Waals surface area contributed by atoms with Gasteiger partial charge in [0.1, 0.15) is 6.54 Å². The lowest BCUT2D eigenvalue weighted by molar-refractivity contribution is -0.144. The minimum Gasteiger partial charge on any atom is -0.354 e. The lowest BCUT2D eigenvalue weighted by Gasteiger charge is -2.20. The maximum atomic E-state index is 12.7. The Balaban J connectivity index is 1.22. The molecule has 2 saturated carbocycles. The fourth-order valence-corrected chi connectivity index (χ4v) is 5.31. The summed E-state index contributed by atoms with van der Waals surface area (Å²) in [5.41, 5.74) is 1.06. The molecule has 3 fully saturated rings. The van der Waals surface area contributed by atoms with E-state index in [1.54, 1.807) is 0 Å². The van der Waals surface area contributed by atoms with Crippen molar-refractivity contribution in [2.24, 2.45) is 23.7 Å². The van der Waals surface area contributed by atoms with Gasteiger partial charge in [0.15, 0.2) is 0 Å². The van der Waals surface area contributed by atoms with Gasteiger partial charge in [0.25, 0.3) is 0 Å². The maximum absolute atomic E-state index is 12.7. The van der Waals surface area contributed by atoms with E-state index in [9.17, 15) is 14.4 Å². The molecule has 0 radical (unpaired) electrons. The van der Waals surface area contributed by atoms with Gasteiger partial charge in [-0.3, -0.25) is 19.3 Å². The van der Waals surface area contributed by atoms with Crippen LogP contribution in [0.4, 0.5) is 0 Å². The number of halogens is 1. The van der Waals surface area contributed by atoms with Crippen LogP contribution in [0.25, 0.3) is 0 Å². The molecule has 140 valence electrons. The number of hydrogen-bond donors (Lipinski definition) is 1. The van der Waals surface area contributed by atoms with E-state index in [-0.39, 0.29) is 53.4 Å². The molecule has 1 saturated heterocycles. The first-order valence-corrected chi connectivity index (χ1v) is 9.93. The van der Waals surface area contributed by atoms with Gasteiger partial charge in [0, 0.05) is 17.0 Å². The molecule has 1 aromatic rings. The zero-order chi connectivity index (χ0) is 18.8. The van der Waals surface area contributed by atoms with Crippen molar-refractivity contribution in [1.29, 1.82) is 0 Å². The molecule has 1 N–H and O–H groups in total. The summed E-state index contributed by atoms with van der Waals surface area (Å²) in [4.78, 5) is 39.0. The first-order valence-electron chi connectivity index (χ1n) is 9.55. The van der Waals surface area contributed by atoms with E-state index in [1.165, 1.54) is 4.90 Å². The number of rotatable bonds is 5. The van der Waals surface area contributed by atoms with Crippen molar-refractivity contribution in [1.82, 2.24) is 10.2 Å². The smallest absolute Gasteiger partial charge is 0.240 e. The Bertz CT molecular complexity index is 846. The van der Waals surface area contributed by atoms with Gasteiger partial charge in [0.05, 0.1) is 11.8 Å². The molecule has 1 heterocycles. The molecule has 4 aliphatic rings. The summed E-state index contributed by atoms with van der Waals surface area (Å²) < 4.78 is 0. The summed E-state index contributed by atoms with van der Waals surface area (Å²) in [6.45, 7) is 0.331. The van der Waals surface area contributed by atoms with Gasteiger partial charge in [-0.05, 0) is 48.8 Å². The highest BCUT2D eigenvalue weighted by Gasteiger charge is 2.59. The lowest BCUT2D eigenvalue weighted by Crippen LogP contribution is -2.43. The molecule has 2 bridgehead atoms. The highest BCUT2D eigenvalue weighted by molar-refractivity contribution is 6.30. The minimum absolute atomic E-state index is 0.0703. The van der Waals surface area contributed by atoms with Crippen molar-refractivity contribution in [2.75, 3.05) is 13.1 Å². The lowest BCUT2D eigenvalue weighted by atomic mass is 9.85. The monoisotopic (exact) mass is 384 g/mol. The predicted molar refractivity (Wildman–Crippen MR) is 99.8 cm³/mol. The van der Waals surface area contributed by atoms with E-state index in [1.807, 2.05) is 24.3 Å². The third kappa shape index (κ3) is 2.63. The summed E-state index contributed by atoms with van der Waals surface area (Å²) in [5.74, 6) is -0.779. The molecule has 5 rings (SSSR count). The summed E-state index contributed by atoms with van der Waals surface area (Å²) in [6, 6.07) is 7.73. The SMILES string of the molecule is O=C(CN1C(=O)[C@@H]2[C@@H](C1=O)[C@H]1C=C[C@H]2C1)NCC1(c2cccc(Cl)c2)CC1. The van der Waals surface area contributed by atoms with Crippen LogP contribution in [0.1, 0.15) is 24.8 Å². The number of carbonyl (C=O) groups is 3. The van der Waals surface area contributed by atoms with Crippen LogP contribution in [0, 0.1) is 23.7 Å². The number of likely N-dealkylation sites (tertiary alicyclic amines) is 1. The highest BCUT2D eigenvalue weighted by Crippen LogP contribution is 2.52. The number of nitrogens with zero attached hydrogens (tertiary/aromatic N) is 1. The molecule has 5 nitrogen and oxygen atoms in total. The van der Waals surface area contributed by atoms with E-state index in [2.05, 4.69) is 17.5 Å². The normalized spacial score (nSPS) is 32.1. The Hall–Kier alpha value is -2.14. The van der Waals surface area contributed by atoms with Crippen LogP contribution < -0.4 is 5.32 Å². The molecular formula is C21H21ClN2O3. The van der Waals surface area contributed by atoms with Gasteiger partial charge in [-0.1, -0.05) is 35.9 Å². The van der Waals surface area contributed by atoms with Gasteiger partial charge in [0.2, 0.25) is 17.7 Å². The van der Waals surface area contributed by atoms with Crippen LogP contribution in [-0.4, -0.2) is 35.7 Å². The summed E-state index contributed by atoms with van der Waals surface area (Å²) in [5, 5.41) is 3.62. The van der Waals surface area contributed by atoms with E-state index >= 15 is 0 Å². The molecule has 6 heteroatoms. The second kappa shape index (κ2) is 5.93. The Morgan fingerprint density at radius 3 is 2.41 bits per heavy atom. The second-order valence-corrected chi connectivity index (χ2v) is 8.77. The highest BCUT2D eigenvalue weighted by atomic mass is 35.5. The molecule has 0 spiro atoms. The number of fused-ring (bicyclic) bond motifs is 5. The fraction of sp³-hybridized carbons (Fsp3) is 0.476. The Morgan fingerprint density at radius 1 is 1.15 bits per heavy atom. The van der Waals surface area contributed by atoms with Crippen molar-refractivity contribution in [2.45, 2.75) is 24.7 Å². The van der Waals surface area contributed by atoms with Crippen molar-refractivity contribution < 1.29 is 14.4 Å². The molecule has 3 aliphatic carbocycles. The van der Waals surface area contributed by atoms with Crippen LogP contribution >= 0.6 is 11.6 Å². The molecule has 1 aliphatic heterocycles. The second-order valence-electron chi connectivity index (χ2n) is 8.33. The average Bonchev–Trinajstić information content (AvgIpc) is 3.06. The Labute approximate surface area is 162 Å². The van der Waals surface area contributed by atoms with Crippen LogP contribution in [0.15, 0.2) is 36.4 Å². The van der Waals surface area contributed by atoms with Crippen molar-refractivity contribution in [3.8, 4) is 0 Å². The van der Waals surface area contributed by atoms with Gasteiger partial charge in [-0.15, -0.1) is 0 Å².